The first-order valence-electron chi connectivity index (χ1n) is 13.4. The highest BCUT2D eigenvalue weighted by Gasteiger charge is 2.51. The van der Waals surface area contributed by atoms with E-state index in [0.29, 0.717) is 13.0 Å². The van der Waals surface area contributed by atoms with Crippen LogP contribution in [0.2, 0.25) is 0 Å². The summed E-state index contributed by atoms with van der Waals surface area (Å²) in [5.74, 6) is 3.74. The number of ether oxygens (including phenoxy) is 1. The van der Waals surface area contributed by atoms with Gasteiger partial charge < -0.3 is 15.0 Å². The Kier molecular flexibility index (Phi) is 6.88. The maximum atomic E-state index is 13.3. The Balaban J connectivity index is 1.10. The Labute approximate surface area is 204 Å². The van der Waals surface area contributed by atoms with E-state index in [1.54, 1.807) is 7.11 Å². The number of carbonyl (C=O) groups excluding carboxylic acids is 2. The van der Waals surface area contributed by atoms with Crippen molar-refractivity contribution in [3.05, 3.63) is 29.8 Å². The second-order valence-electron chi connectivity index (χ2n) is 11.5. The number of methoxy groups -OCH3 is 1. The Morgan fingerprint density at radius 2 is 1.65 bits per heavy atom. The molecule has 2 amide bonds. The lowest BCUT2D eigenvalue weighted by Gasteiger charge is -2.57. The third-order valence-corrected chi connectivity index (χ3v) is 9.02. The summed E-state index contributed by atoms with van der Waals surface area (Å²) in [5, 5.41) is 3.55. The Morgan fingerprint density at radius 1 is 1.00 bits per heavy atom. The van der Waals surface area contributed by atoms with E-state index in [2.05, 4.69) is 17.1 Å². The summed E-state index contributed by atoms with van der Waals surface area (Å²) in [6, 6.07) is 7.81. The van der Waals surface area contributed by atoms with Gasteiger partial charge in [-0.3, -0.25) is 14.5 Å². The molecule has 6 heteroatoms. The van der Waals surface area contributed by atoms with Gasteiger partial charge in [-0.1, -0.05) is 12.1 Å². The molecule has 4 saturated carbocycles. The number of aryl methyl sites for hydroxylation is 1. The fraction of sp³-hybridized carbons (Fsp3) is 0.714. The van der Waals surface area contributed by atoms with Crippen LogP contribution in [0.1, 0.15) is 63.9 Å². The van der Waals surface area contributed by atoms with Gasteiger partial charge in [-0.25, -0.2) is 0 Å². The second kappa shape index (κ2) is 9.88. The number of amides is 2. The van der Waals surface area contributed by atoms with Crippen LogP contribution in [0.25, 0.3) is 0 Å². The Bertz CT molecular complexity index is 848. The van der Waals surface area contributed by atoms with Gasteiger partial charge in [0.15, 0.2) is 0 Å². The Hall–Kier alpha value is -2.08. The lowest BCUT2D eigenvalue weighted by molar-refractivity contribution is -0.131. The second-order valence-corrected chi connectivity index (χ2v) is 11.5. The molecule has 1 atom stereocenters. The molecule has 1 unspecified atom stereocenters. The highest BCUT2D eigenvalue weighted by Crippen LogP contribution is 2.55. The van der Waals surface area contributed by atoms with Crippen molar-refractivity contribution in [2.45, 2.75) is 76.3 Å². The Morgan fingerprint density at radius 3 is 2.26 bits per heavy atom. The molecule has 1 aliphatic heterocycles. The van der Waals surface area contributed by atoms with E-state index in [9.17, 15) is 9.59 Å². The molecule has 1 aromatic rings. The van der Waals surface area contributed by atoms with Gasteiger partial charge in [0.1, 0.15) is 5.75 Å². The van der Waals surface area contributed by atoms with Gasteiger partial charge in [0.05, 0.1) is 13.2 Å². The molecule has 1 saturated heterocycles. The lowest BCUT2D eigenvalue weighted by atomic mass is 9.53. The van der Waals surface area contributed by atoms with Crippen molar-refractivity contribution in [1.29, 1.82) is 0 Å². The van der Waals surface area contributed by atoms with E-state index >= 15 is 0 Å². The number of benzene rings is 1. The van der Waals surface area contributed by atoms with Crippen molar-refractivity contribution < 1.29 is 14.3 Å². The number of carbonyl (C=O) groups is 2. The van der Waals surface area contributed by atoms with Gasteiger partial charge in [0, 0.05) is 38.1 Å². The number of nitrogens with zero attached hydrogens (tertiary/aromatic N) is 2. The molecule has 4 aliphatic carbocycles. The molecule has 5 fully saturated rings. The van der Waals surface area contributed by atoms with Crippen molar-refractivity contribution in [3.63, 3.8) is 0 Å². The fourth-order valence-electron chi connectivity index (χ4n) is 7.57. The van der Waals surface area contributed by atoms with E-state index < -0.39 is 0 Å². The van der Waals surface area contributed by atoms with Crippen molar-refractivity contribution >= 4 is 11.8 Å². The zero-order valence-electron chi connectivity index (χ0n) is 20.9. The summed E-state index contributed by atoms with van der Waals surface area (Å²) in [4.78, 5) is 30.5. The topological polar surface area (TPSA) is 61.9 Å². The van der Waals surface area contributed by atoms with E-state index in [-0.39, 0.29) is 23.4 Å². The molecule has 186 valence electrons. The third-order valence-electron chi connectivity index (χ3n) is 9.02. The fourth-order valence-corrected chi connectivity index (χ4v) is 7.57. The van der Waals surface area contributed by atoms with Gasteiger partial charge >= 0.3 is 0 Å². The van der Waals surface area contributed by atoms with Crippen LogP contribution in [0.5, 0.6) is 5.75 Å². The standard InChI is InChI=1S/C28H41N3O3/c1-20(27(33)29-28-17-22-14-23(18-28)16-24(15-22)19-28)30-10-3-11-31(13-12-30)26(32)9-6-21-4-7-25(34-2)8-5-21/h4-5,7-8,20,22-24H,3,6,9-19H2,1-2H3,(H,29,33). The predicted octanol–water partition coefficient (Wildman–Crippen LogP) is 3.64. The van der Waals surface area contributed by atoms with Crippen LogP contribution in [-0.4, -0.2) is 66.5 Å². The largest absolute Gasteiger partial charge is 0.497 e. The number of hydrogen-bond acceptors (Lipinski definition) is 4. The minimum absolute atomic E-state index is 0.0649. The van der Waals surface area contributed by atoms with Crippen LogP contribution in [0.3, 0.4) is 0 Å². The third kappa shape index (κ3) is 5.12. The molecule has 5 aliphatic rings. The maximum absolute atomic E-state index is 13.3. The van der Waals surface area contributed by atoms with Gasteiger partial charge in [-0.05, 0) is 93.7 Å². The molecule has 1 N–H and O–H groups in total. The summed E-state index contributed by atoms with van der Waals surface area (Å²) in [5.41, 5.74) is 1.22. The summed E-state index contributed by atoms with van der Waals surface area (Å²) < 4.78 is 5.21. The van der Waals surface area contributed by atoms with Gasteiger partial charge in [-0.15, -0.1) is 0 Å². The van der Waals surface area contributed by atoms with Crippen molar-refractivity contribution in [2.24, 2.45) is 17.8 Å². The van der Waals surface area contributed by atoms with Crippen molar-refractivity contribution in [3.8, 4) is 5.75 Å². The zero-order chi connectivity index (χ0) is 23.7. The number of nitrogens with one attached hydrogen (secondary N) is 1. The summed E-state index contributed by atoms with van der Waals surface area (Å²) >= 11 is 0. The van der Waals surface area contributed by atoms with Crippen LogP contribution in [0.15, 0.2) is 24.3 Å². The van der Waals surface area contributed by atoms with Gasteiger partial charge in [-0.2, -0.15) is 0 Å². The summed E-state index contributed by atoms with van der Waals surface area (Å²) in [6.45, 7) is 5.18. The minimum atomic E-state index is -0.137. The normalized spacial score (nSPS) is 31.7. The lowest BCUT2D eigenvalue weighted by Crippen LogP contribution is -2.62. The smallest absolute Gasteiger partial charge is 0.237 e. The molecule has 6 nitrogen and oxygen atoms in total. The van der Waals surface area contributed by atoms with Crippen LogP contribution in [-0.2, 0) is 16.0 Å². The monoisotopic (exact) mass is 467 g/mol. The van der Waals surface area contributed by atoms with Crippen molar-refractivity contribution in [2.75, 3.05) is 33.3 Å². The van der Waals surface area contributed by atoms with Crippen LogP contribution in [0, 0.1) is 17.8 Å². The quantitative estimate of drug-likeness (QED) is 0.665. The molecule has 1 aromatic carbocycles. The molecule has 34 heavy (non-hydrogen) atoms. The number of rotatable bonds is 7. The van der Waals surface area contributed by atoms with Crippen molar-refractivity contribution in [1.82, 2.24) is 15.1 Å². The average molecular weight is 468 g/mol. The zero-order valence-corrected chi connectivity index (χ0v) is 20.9. The molecular weight excluding hydrogens is 426 g/mol. The highest BCUT2D eigenvalue weighted by molar-refractivity contribution is 5.82. The molecule has 6 rings (SSSR count). The van der Waals surface area contributed by atoms with Gasteiger partial charge in [0.2, 0.25) is 11.8 Å². The first kappa shape index (κ1) is 23.7. The van der Waals surface area contributed by atoms with E-state index in [4.69, 9.17) is 4.74 Å². The van der Waals surface area contributed by atoms with E-state index in [1.807, 2.05) is 29.2 Å². The van der Waals surface area contributed by atoms with Gasteiger partial charge in [0.25, 0.3) is 0 Å². The summed E-state index contributed by atoms with van der Waals surface area (Å²) in [6.07, 6.45) is 9.91. The van der Waals surface area contributed by atoms with E-state index in [1.165, 1.54) is 38.5 Å². The molecule has 1 heterocycles. The maximum Gasteiger partial charge on any atom is 0.237 e. The molecule has 4 bridgehead atoms. The summed E-state index contributed by atoms with van der Waals surface area (Å²) in [7, 11) is 1.66. The number of hydrogen-bond donors (Lipinski definition) is 1. The van der Waals surface area contributed by atoms with E-state index in [0.717, 1.165) is 61.5 Å². The highest BCUT2D eigenvalue weighted by atomic mass is 16.5. The molecular formula is C28H41N3O3. The first-order valence-corrected chi connectivity index (χ1v) is 13.4. The SMILES string of the molecule is COc1ccc(CCC(=O)N2CCCN(C(C)C(=O)NC34CC5CC(CC(C5)C3)C4)CC2)cc1. The molecule has 0 spiro atoms. The predicted molar refractivity (Wildman–Crippen MR) is 133 cm³/mol. The molecule has 0 radical (unpaired) electrons. The minimum Gasteiger partial charge on any atom is -0.497 e. The van der Waals surface area contributed by atoms with Crippen LogP contribution < -0.4 is 10.1 Å². The molecule has 0 aromatic heterocycles. The first-order chi connectivity index (χ1) is 16.4. The van der Waals surface area contributed by atoms with Crippen LogP contribution >= 0.6 is 0 Å². The average Bonchev–Trinajstić information content (AvgIpc) is 3.07. The van der Waals surface area contributed by atoms with Crippen LogP contribution in [0.4, 0.5) is 0 Å².